The van der Waals surface area contributed by atoms with Crippen LogP contribution < -0.4 is 0 Å². The van der Waals surface area contributed by atoms with E-state index in [1.54, 1.807) is 18.2 Å². The first-order valence-corrected chi connectivity index (χ1v) is 7.08. The van der Waals surface area contributed by atoms with Crippen LogP contribution in [0.4, 0.5) is 0 Å². The fourth-order valence-electron chi connectivity index (χ4n) is 1.97. The number of hydrogen-bond acceptors (Lipinski definition) is 3. The zero-order chi connectivity index (χ0) is 15.8. The Kier molecular flexibility index (Phi) is 5.55. The lowest BCUT2D eigenvalue weighted by Crippen LogP contribution is -1.95. The second kappa shape index (κ2) is 7.84. The number of ketones is 1. The molecular weight excluding hydrogens is 276 g/mol. The summed E-state index contributed by atoms with van der Waals surface area (Å²) in [6.07, 6.45) is 7.92. The largest absolute Gasteiger partial charge is 0.504 e. The molecule has 0 atom stereocenters. The van der Waals surface area contributed by atoms with Gasteiger partial charge in [0, 0.05) is 6.42 Å². The maximum Gasteiger partial charge on any atom is 0.157 e. The molecule has 2 aromatic carbocycles. The second-order valence-electron chi connectivity index (χ2n) is 4.92. The lowest BCUT2D eigenvalue weighted by molar-refractivity contribution is -0.114. The van der Waals surface area contributed by atoms with Gasteiger partial charge in [-0.25, -0.2) is 0 Å². The summed E-state index contributed by atoms with van der Waals surface area (Å²) in [4.78, 5) is 11.7. The summed E-state index contributed by atoms with van der Waals surface area (Å²) in [7, 11) is 0. The number of aromatic hydroxyl groups is 2. The van der Waals surface area contributed by atoms with E-state index in [1.807, 2.05) is 42.5 Å². The molecule has 0 bridgehead atoms. The first-order valence-electron chi connectivity index (χ1n) is 7.08. The van der Waals surface area contributed by atoms with Crippen molar-refractivity contribution in [3.05, 3.63) is 77.9 Å². The zero-order valence-corrected chi connectivity index (χ0v) is 12.1. The van der Waals surface area contributed by atoms with Crippen molar-refractivity contribution in [1.82, 2.24) is 0 Å². The molecule has 0 aliphatic heterocycles. The van der Waals surface area contributed by atoms with Crippen molar-refractivity contribution in [2.45, 2.75) is 12.8 Å². The third-order valence-corrected chi connectivity index (χ3v) is 3.18. The van der Waals surface area contributed by atoms with Gasteiger partial charge in [-0.3, -0.25) is 4.79 Å². The van der Waals surface area contributed by atoms with Crippen LogP contribution in [0.5, 0.6) is 11.5 Å². The van der Waals surface area contributed by atoms with Crippen molar-refractivity contribution in [3.8, 4) is 11.5 Å². The van der Waals surface area contributed by atoms with Gasteiger partial charge in [-0.2, -0.15) is 0 Å². The number of carbonyl (C=O) groups is 1. The van der Waals surface area contributed by atoms with E-state index in [1.165, 1.54) is 12.1 Å². The van der Waals surface area contributed by atoms with Crippen LogP contribution in [0.15, 0.2) is 66.8 Å². The molecule has 0 spiro atoms. The van der Waals surface area contributed by atoms with Gasteiger partial charge in [-0.15, -0.1) is 0 Å². The number of benzene rings is 2. The second-order valence-corrected chi connectivity index (χ2v) is 4.92. The van der Waals surface area contributed by atoms with Gasteiger partial charge in [0.2, 0.25) is 0 Å². The van der Waals surface area contributed by atoms with Gasteiger partial charge in [0.25, 0.3) is 0 Å². The molecule has 0 aromatic heterocycles. The molecule has 0 unspecified atom stereocenters. The van der Waals surface area contributed by atoms with E-state index in [-0.39, 0.29) is 17.3 Å². The van der Waals surface area contributed by atoms with E-state index in [9.17, 15) is 15.0 Å². The predicted molar refractivity (Wildman–Crippen MR) is 87.7 cm³/mol. The van der Waals surface area contributed by atoms with Crippen LogP contribution in [0.1, 0.15) is 17.5 Å². The lowest BCUT2D eigenvalue weighted by Gasteiger charge is -2.01. The maximum absolute atomic E-state index is 11.7. The molecular formula is C19H18O3. The minimum Gasteiger partial charge on any atom is -0.504 e. The summed E-state index contributed by atoms with van der Waals surface area (Å²) in [5, 5.41) is 18.6. The minimum atomic E-state index is -0.161. The van der Waals surface area contributed by atoms with Gasteiger partial charge in [-0.05, 0) is 35.8 Å². The predicted octanol–water partition coefficient (Wildman–Crippen LogP) is 3.87. The number of aryl methyl sites for hydroxylation is 1. The van der Waals surface area contributed by atoms with Crippen molar-refractivity contribution in [2.75, 3.05) is 0 Å². The van der Waals surface area contributed by atoms with Gasteiger partial charge in [0.1, 0.15) is 0 Å². The topological polar surface area (TPSA) is 57.5 Å². The highest BCUT2D eigenvalue weighted by atomic mass is 16.3. The Balaban J connectivity index is 1.81. The lowest BCUT2D eigenvalue weighted by atomic mass is 10.1. The summed E-state index contributed by atoms with van der Waals surface area (Å²) in [5.74, 6) is -0.294. The van der Waals surface area contributed by atoms with E-state index >= 15 is 0 Å². The molecule has 0 saturated heterocycles. The average Bonchev–Trinajstić information content (AvgIpc) is 2.54. The van der Waals surface area contributed by atoms with E-state index in [2.05, 4.69) is 0 Å². The van der Waals surface area contributed by atoms with Gasteiger partial charge >= 0.3 is 0 Å². The Morgan fingerprint density at radius 3 is 2.45 bits per heavy atom. The summed E-state index contributed by atoms with van der Waals surface area (Å²) in [6.45, 7) is 0. The fourth-order valence-corrected chi connectivity index (χ4v) is 1.97. The van der Waals surface area contributed by atoms with Crippen molar-refractivity contribution in [3.63, 3.8) is 0 Å². The first kappa shape index (κ1) is 15.6. The molecule has 3 heteroatoms. The Labute approximate surface area is 129 Å². The number of carbonyl (C=O) groups excluding carboxylic acids is 1. The molecule has 2 rings (SSSR count). The molecule has 0 heterocycles. The van der Waals surface area contributed by atoms with Crippen LogP contribution in [0.25, 0.3) is 6.08 Å². The highest BCUT2D eigenvalue weighted by Gasteiger charge is 2.02. The number of allylic oxidation sites excluding steroid dienone is 3. The number of rotatable bonds is 6. The van der Waals surface area contributed by atoms with E-state index in [0.717, 1.165) is 11.1 Å². The Hall–Kier alpha value is -2.81. The summed E-state index contributed by atoms with van der Waals surface area (Å²) in [6, 6.07) is 14.4. The van der Waals surface area contributed by atoms with Gasteiger partial charge in [0.15, 0.2) is 17.3 Å². The van der Waals surface area contributed by atoms with Crippen molar-refractivity contribution in [2.24, 2.45) is 0 Å². The molecule has 22 heavy (non-hydrogen) atoms. The number of hydrogen-bond donors (Lipinski definition) is 2. The van der Waals surface area contributed by atoms with Crippen LogP contribution in [-0.4, -0.2) is 16.0 Å². The van der Waals surface area contributed by atoms with Crippen LogP contribution in [0.2, 0.25) is 0 Å². The molecule has 0 aliphatic carbocycles. The maximum atomic E-state index is 11.7. The molecule has 0 saturated carbocycles. The molecule has 0 fully saturated rings. The molecule has 0 aliphatic rings. The standard InChI is InChI=1S/C19H18O3/c20-17(9-5-4-8-15-6-2-1-3-7-15)12-10-16-11-13-18(21)19(22)14-16/h1-9,11,13-14,21-22H,10,12H2/b8-4+,9-5+. The minimum absolute atomic E-state index is 0.0188. The van der Waals surface area contributed by atoms with E-state index in [0.29, 0.717) is 12.8 Å². The molecule has 0 amide bonds. The zero-order valence-electron chi connectivity index (χ0n) is 12.1. The van der Waals surface area contributed by atoms with Crippen LogP contribution in [0.3, 0.4) is 0 Å². The van der Waals surface area contributed by atoms with E-state index < -0.39 is 0 Å². The van der Waals surface area contributed by atoms with Crippen molar-refractivity contribution >= 4 is 11.9 Å². The quantitative estimate of drug-likeness (QED) is 0.483. The molecule has 2 aromatic rings. The molecule has 3 nitrogen and oxygen atoms in total. The van der Waals surface area contributed by atoms with Crippen molar-refractivity contribution in [1.29, 1.82) is 0 Å². The Bertz CT molecular complexity index is 685. The highest BCUT2D eigenvalue weighted by Crippen LogP contribution is 2.25. The summed E-state index contributed by atoms with van der Waals surface area (Å²) >= 11 is 0. The third kappa shape index (κ3) is 4.94. The van der Waals surface area contributed by atoms with Crippen LogP contribution in [0, 0.1) is 0 Å². The summed E-state index contributed by atoms with van der Waals surface area (Å²) < 4.78 is 0. The van der Waals surface area contributed by atoms with Crippen LogP contribution in [-0.2, 0) is 11.2 Å². The van der Waals surface area contributed by atoms with Crippen LogP contribution >= 0.6 is 0 Å². The monoisotopic (exact) mass is 294 g/mol. The normalized spacial score (nSPS) is 11.3. The van der Waals surface area contributed by atoms with Gasteiger partial charge < -0.3 is 10.2 Å². The molecule has 0 radical (unpaired) electrons. The summed E-state index contributed by atoms with van der Waals surface area (Å²) in [5.41, 5.74) is 1.90. The van der Waals surface area contributed by atoms with E-state index in [4.69, 9.17) is 0 Å². The average molecular weight is 294 g/mol. The highest BCUT2D eigenvalue weighted by molar-refractivity contribution is 5.90. The smallest absolute Gasteiger partial charge is 0.157 e. The number of phenolic OH excluding ortho intramolecular Hbond substituents is 2. The first-order chi connectivity index (χ1) is 10.6. The fraction of sp³-hybridized carbons (Fsp3) is 0.105. The van der Waals surface area contributed by atoms with Gasteiger partial charge in [0.05, 0.1) is 0 Å². The number of phenols is 2. The molecule has 112 valence electrons. The van der Waals surface area contributed by atoms with Gasteiger partial charge in [-0.1, -0.05) is 54.6 Å². The molecule has 2 N–H and O–H groups in total. The SMILES string of the molecule is O=C(/C=C/C=C/c1ccccc1)CCc1ccc(O)c(O)c1. The Morgan fingerprint density at radius 1 is 0.955 bits per heavy atom. The van der Waals surface area contributed by atoms with Crippen molar-refractivity contribution < 1.29 is 15.0 Å². The third-order valence-electron chi connectivity index (χ3n) is 3.18. The Morgan fingerprint density at radius 2 is 1.73 bits per heavy atom.